The predicted octanol–water partition coefficient (Wildman–Crippen LogP) is 3.71. The van der Waals surface area contributed by atoms with E-state index in [1.165, 1.54) is 0 Å². The molecule has 1 aliphatic heterocycles. The number of nitrogens with zero attached hydrogens (tertiary/aromatic N) is 1. The van der Waals surface area contributed by atoms with Gasteiger partial charge in [0.1, 0.15) is 5.75 Å². The molecule has 132 valence electrons. The van der Waals surface area contributed by atoms with Crippen molar-refractivity contribution in [1.82, 2.24) is 4.90 Å². The van der Waals surface area contributed by atoms with Crippen LogP contribution in [0, 0.1) is 5.41 Å². The van der Waals surface area contributed by atoms with Gasteiger partial charge in [0, 0.05) is 24.0 Å². The number of benzene rings is 1. The average Bonchev–Trinajstić information content (AvgIpc) is 2.56. The van der Waals surface area contributed by atoms with E-state index in [1.54, 1.807) is 11.8 Å². The monoisotopic (exact) mass is 397 g/mol. The van der Waals surface area contributed by atoms with Gasteiger partial charge in [0.15, 0.2) is 0 Å². The van der Waals surface area contributed by atoms with E-state index in [0.29, 0.717) is 32.5 Å². The molecule has 0 saturated carbocycles. The molecule has 1 unspecified atom stereocenters. The van der Waals surface area contributed by atoms with Gasteiger partial charge in [-0.2, -0.15) is 0 Å². The van der Waals surface area contributed by atoms with Crippen LogP contribution in [0.4, 0.5) is 0 Å². The number of rotatable bonds is 7. The fourth-order valence-corrected chi connectivity index (χ4v) is 3.15. The number of halogens is 1. The zero-order valence-corrected chi connectivity index (χ0v) is 15.5. The number of carboxylic acid groups (broad SMARTS) is 1. The standard InChI is InChI=1S/C18H24BrNO4/c1-18(17(22)23)10-4-11-20(13-18)16(21)5-2-3-12-24-15-8-6-14(19)7-9-15/h6-9H,2-5,10-13H2,1H3,(H,22,23). The lowest BCUT2D eigenvalue weighted by Crippen LogP contribution is -2.48. The highest BCUT2D eigenvalue weighted by molar-refractivity contribution is 9.10. The first-order valence-corrected chi connectivity index (χ1v) is 9.09. The number of piperidine rings is 1. The summed E-state index contributed by atoms with van der Waals surface area (Å²) in [5.41, 5.74) is -0.807. The van der Waals surface area contributed by atoms with Gasteiger partial charge in [0.2, 0.25) is 5.91 Å². The van der Waals surface area contributed by atoms with Crippen LogP contribution in [0.25, 0.3) is 0 Å². The highest BCUT2D eigenvalue weighted by Crippen LogP contribution is 2.30. The summed E-state index contributed by atoms with van der Waals surface area (Å²) in [7, 11) is 0. The number of carboxylic acids is 1. The second-order valence-corrected chi connectivity index (χ2v) is 7.46. The Kier molecular flexibility index (Phi) is 6.66. The number of hydrogen-bond donors (Lipinski definition) is 1. The van der Waals surface area contributed by atoms with Crippen molar-refractivity contribution in [3.63, 3.8) is 0 Å². The normalized spacial score (nSPS) is 20.7. The van der Waals surface area contributed by atoms with Crippen LogP contribution >= 0.6 is 15.9 Å². The summed E-state index contributed by atoms with van der Waals surface area (Å²) in [5.74, 6) is 0.0477. The van der Waals surface area contributed by atoms with Crippen LogP contribution in [0.1, 0.15) is 39.0 Å². The first-order chi connectivity index (χ1) is 11.4. The van der Waals surface area contributed by atoms with E-state index in [0.717, 1.165) is 29.5 Å². The molecule has 1 heterocycles. The molecule has 1 aliphatic rings. The van der Waals surface area contributed by atoms with E-state index in [9.17, 15) is 14.7 Å². The molecule has 1 aromatic carbocycles. The Bertz CT molecular complexity index is 575. The second-order valence-electron chi connectivity index (χ2n) is 6.54. The molecule has 1 atom stereocenters. The third-order valence-electron chi connectivity index (χ3n) is 4.43. The lowest BCUT2D eigenvalue weighted by molar-refractivity contribution is -0.153. The Labute approximate surface area is 151 Å². The third-order valence-corrected chi connectivity index (χ3v) is 4.96. The van der Waals surface area contributed by atoms with E-state index in [-0.39, 0.29) is 5.91 Å². The number of amides is 1. The van der Waals surface area contributed by atoms with E-state index < -0.39 is 11.4 Å². The minimum atomic E-state index is -0.817. The zero-order valence-electron chi connectivity index (χ0n) is 14.0. The summed E-state index contributed by atoms with van der Waals surface area (Å²) in [6, 6.07) is 7.65. The summed E-state index contributed by atoms with van der Waals surface area (Å²) in [4.78, 5) is 25.3. The number of unbranched alkanes of at least 4 members (excludes halogenated alkanes) is 1. The average molecular weight is 398 g/mol. The van der Waals surface area contributed by atoms with Crippen molar-refractivity contribution < 1.29 is 19.4 Å². The van der Waals surface area contributed by atoms with Crippen molar-refractivity contribution >= 4 is 27.8 Å². The van der Waals surface area contributed by atoms with Gasteiger partial charge < -0.3 is 14.7 Å². The van der Waals surface area contributed by atoms with Crippen LogP contribution in [0.15, 0.2) is 28.7 Å². The molecule has 24 heavy (non-hydrogen) atoms. The van der Waals surface area contributed by atoms with Gasteiger partial charge in [-0.3, -0.25) is 9.59 Å². The second kappa shape index (κ2) is 8.51. The van der Waals surface area contributed by atoms with Gasteiger partial charge in [-0.25, -0.2) is 0 Å². The van der Waals surface area contributed by atoms with Gasteiger partial charge in [-0.1, -0.05) is 15.9 Å². The Hall–Kier alpha value is -1.56. The van der Waals surface area contributed by atoms with Crippen LogP contribution in [-0.4, -0.2) is 41.6 Å². The SMILES string of the molecule is CC1(C(=O)O)CCCN(C(=O)CCCCOc2ccc(Br)cc2)C1. The number of ether oxygens (including phenoxy) is 1. The molecule has 5 nitrogen and oxygen atoms in total. The molecule has 0 spiro atoms. The van der Waals surface area contributed by atoms with E-state index >= 15 is 0 Å². The molecular weight excluding hydrogens is 374 g/mol. The van der Waals surface area contributed by atoms with Gasteiger partial charge in [0.05, 0.1) is 12.0 Å². The van der Waals surface area contributed by atoms with Crippen LogP contribution < -0.4 is 4.74 Å². The minimum Gasteiger partial charge on any atom is -0.494 e. The molecule has 1 amide bonds. The lowest BCUT2D eigenvalue weighted by Gasteiger charge is -2.37. The quantitative estimate of drug-likeness (QED) is 0.712. The fraction of sp³-hybridized carbons (Fsp3) is 0.556. The van der Waals surface area contributed by atoms with Crippen molar-refractivity contribution in [2.24, 2.45) is 5.41 Å². The summed E-state index contributed by atoms with van der Waals surface area (Å²) in [5, 5.41) is 9.31. The maximum Gasteiger partial charge on any atom is 0.311 e. The zero-order chi connectivity index (χ0) is 17.6. The Balaban J connectivity index is 1.67. The van der Waals surface area contributed by atoms with E-state index in [4.69, 9.17) is 4.74 Å². The van der Waals surface area contributed by atoms with Crippen molar-refractivity contribution in [3.8, 4) is 5.75 Å². The topological polar surface area (TPSA) is 66.8 Å². The molecule has 0 aliphatic carbocycles. The Morgan fingerprint density at radius 1 is 1.29 bits per heavy atom. The molecule has 1 aromatic rings. The molecule has 6 heteroatoms. The molecule has 0 bridgehead atoms. The van der Waals surface area contributed by atoms with Crippen LogP contribution in [0.5, 0.6) is 5.75 Å². The van der Waals surface area contributed by atoms with Crippen molar-refractivity contribution in [2.45, 2.75) is 39.0 Å². The maximum absolute atomic E-state index is 12.3. The molecule has 1 N–H and O–H groups in total. The van der Waals surface area contributed by atoms with Crippen LogP contribution in [0.2, 0.25) is 0 Å². The fourth-order valence-electron chi connectivity index (χ4n) is 2.88. The third kappa shape index (κ3) is 5.23. The lowest BCUT2D eigenvalue weighted by atomic mass is 9.82. The highest BCUT2D eigenvalue weighted by Gasteiger charge is 2.39. The summed E-state index contributed by atoms with van der Waals surface area (Å²) in [6.07, 6.45) is 3.37. The Morgan fingerprint density at radius 2 is 2.00 bits per heavy atom. The van der Waals surface area contributed by atoms with Gasteiger partial charge in [-0.05, 0) is 56.9 Å². The van der Waals surface area contributed by atoms with E-state index in [2.05, 4.69) is 15.9 Å². The molecule has 0 radical (unpaired) electrons. The largest absolute Gasteiger partial charge is 0.494 e. The number of carbonyl (C=O) groups is 2. The minimum absolute atomic E-state index is 0.0471. The van der Waals surface area contributed by atoms with Crippen molar-refractivity contribution in [1.29, 1.82) is 0 Å². The first kappa shape index (κ1) is 18.8. The molecule has 2 rings (SSSR count). The van der Waals surface area contributed by atoms with Crippen LogP contribution in [-0.2, 0) is 9.59 Å². The number of aliphatic carboxylic acids is 1. The highest BCUT2D eigenvalue weighted by atomic mass is 79.9. The number of hydrogen-bond acceptors (Lipinski definition) is 3. The van der Waals surface area contributed by atoms with E-state index in [1.807, 2.05) is 24.3 Å². The van der Waals surface area contributed by atoms with Gasteiger partial charge in [0.25, 0.3) is 0 Å². The first-order valence-electron chi connectivity index (χ1n) is 8.30. The maximum atomic E-state index is 12.3. The number of carbonyl (C=O) groups excluding carboxylic acids is 1. The van der Waals surface area contributed by atoms with Crippen molar-refractivity contribution in [2.75, 3.05) is 19.7 Å². The smallest absolute Gasteiger partial charge is 0.311 e. The van der Waals surface area contributed by atoms with Crippen molar-refractivity contribution in [3.05, 3.63) is 28.7 Å². The van der Waals surface area contributed by atoms with Crippen LogP contribution in [0.3, 0.4) is 0 Å². The molecule has 0 aromatic heterocycles. The molecular formula is C18H24BrNO4. The summed E-state index contributed by atoms with van der Waals surface area (Å²) < 4.78 is 6.64. The van der Waals surface area contributed by atoms with Gasteiger partial charge in [-0.15, -0.1) is 0 Å². The molecule has 1 saturated heterocycles. The van der Waals surface area contributed by atoms with Gasteiger partial charge >= 0.3 is 5.97 Å². The predicted molar refractivity (Wildman–Crippen MR) is 95.0 cm³/mol. The Morgan fingerprint density at radius 3 is 2.67 bits per heavy atom. The number of likely N-dealkylation sites (tertiary alicyclic amines) is 1. The summed E-state index contributed by atoms with van der Waals surface area (Å²) >= 11 is 3.37. The summed E-state index contributed by atoms with van der Waals surface area (Å²) in [6.45, 7) is 3.27. The molecule has 1 fully saturated rings.